The minimum absolute atomic E-state index is 0.0662. The average molecular weight is 312 g/mol. The van der Waals surface area contributed by atoms with Gasteiger partial charge in [-0.2, -0.15) is 18.7 Å². The summed E-state index contributed by atoms with van der Waals surface area (Å²) in [5.74, 6) is -2.12. The fourth-order valence-electron chi connectivity index (χ4n) is 2.85. The first-order chi connectivity index (χ1) is 9.74. The highest BCUT2D eigenvalue weighted by Crippen LogP contribution is 2.33. The van der Waals surface area contributed by atoms with Crippen molar-refractivity contribution in [2.75, 3.05) is 19.6 Å². The van der Waals surface area contributed by atoms with Gasteiger partial charge < -0.3 is 4.90 Å². The number of halogens is 4. The van der Waals surface area contributed by atoms with Crippen molar-refractivity contribution >= 4 is 5.91 Å². The number of nitrogens with one attached hydrogen (secondary N) is 1. The van der Waals surface area contributed by atoms with E-state index in [1.807, 2.05) is 11.8 Å². The lowest BCUT2D eigenvalue weighted by atomic mass is 9.93. The molecule has 124 valence electrons. The van der Waals surface area contributed by atoms with Crippen LogP contribution in [0.3, 0.4) is 0 Å². The third-order valence-electron chi connectivity index (χ3n) is 4.20. The standard InChI is InChI=1S/C14H24F4N2O/c1-10(8-11(2)13(21)19-18)5-7-20-6-3-4-12(9-20)14(15,16)17/h10-12H,3-9H2,1-2H3,(H,19,21). The van der Waals surface area contributed by atoms with Gasteiger partial charge in [0, 0.05) is 12.5 Å². The smallest absolute Gasteiger partial charge is 0.303 e. The first kappa shape index (κ1) is 18.2. The van der Waals surface area contributed by atoms with Crippen molar-refractivity contribution in [3.63, 3.8) is 0 Å². The highest BCUT2D eigenvalue weighted by Gasteiger charge is 2.41. The fraction of sp³-hybridized carbons (Fsp3) is 0.929. The SMILES string of the molecule is CC(CCN1CCCC(C(F)(F)F)C1)CC(C)C(=O)NF. The van der Waals surface area contributed by atoms with Gasteiger partial charge in [-0.15, -0.1) is 4.48 Å². The number of amides is 1. The molecule has 0 aliphatic carbocycles. The Labute approximate surface area is 123 Å². The second kappa shape index (κ2) is 7.96. The number of likely N-dealkylation sites (tertiary alicyclic amines) is 1. The molecule has 3 nitrogen and oxygen atoms in total. The molecule has 7 heteroatoms. The molecule has 1 fully saturated rings. The van der Waals surface area contributed by atoms with Gasteiger partial charge in [0.15, 0.2) is 0 Å². The van der Waals surface area contributed by atoms with Gasteiger partial charge in [-0.1, -0.05) is 13.8 Å². The first-order valence-electron chi connectivity index (χ1n) is 7.43. The van der Waals surface area contributed by atoms with Crippen molar-refractivity contribution in [2.45, 2.75) is 45.7 Å². The molecule has 0 bridgehead atoms. The summed E-state index contributed by atoms with van der Waals surface area (Å²) >= 11 is 0. The maximum absolute atomic E-state index is 12.7. The van der Waals surface area contributed by atoms with Gasteiger partial charge in [0.05, 0.1) is 5.92 Å². The Morgan fingerprint density at radius 1 is 1.38 bits per heavy atom. The zero-order chi connectivity index (χ0) is 16.0. The molecule has 0 radical (unpaired) electrons. The van der Waals surface area contributed by atoms with E-state index in [4.69, 9.17) is 0 Å². The van der Waals surface area contributed by atoms with Crippen molar-refractivity contribution in [1.29, 1.82) is 0 Å². The van der Waals surface area contributed by atoms with Crippen LogP contribution in [0.1, 0.15) is 39.5 Å². The molecular weight excluding hydrogens is 288 g/mol. The predicted octanol–water partition coefficient (Wildman–Crippen LogP) is 3.31. The van der Waals surface area contributed by atoms with Crippen LogP contribution in [0.5, 0.6) is 0 Å². The minimum atomic E-state index is -4.11. The van der Waals surface area contributed by atoms with Crippen LogP contribution in [-0.2, 0) is 4.79 Å². The van der Waals surface area contributed by atoms with Crippen LogP contribution >= 0.6 is 0 Å². The van der Waals surface area contributed by atoms with E-state index in [1.165, 1.54) is 0 Å². The Bertz CT molecular complexity index is 335. The summed E-state index contributed by atoms with van der Waals surface area (Å²) in [5, 5.41) is 0. The van der Waals surface area contributed by atoms with E-state index in [9.17, 15) is 22.4 Å². The fourth-order valence-corrected chi connectivity index (χ4v) is 2.85. The summed E-state index contributed by atoms with van der Waals surface area (Å²) in [4.78, 5) is 12.9. The maximum Gasteiger partial charge on any atom is 0.393 e. The molecule has 1 amide bonds. The molecule has 1 N–H and O–H groups in total. The monoisotopic (exact) mass is 312 g/mol. The number of rotatable bonds is 6. The van der Waals surface area contributed by atoms with Crippen LogP contribution in [0, 0.1) is 17.8 Å². The molecule has 1 rings (SSSR count). The van der Waals surface area contributed by atoms with Crippen molar-refractivity contribution in [3.05, 3.63) is 0 Å². The van der Waals surface area contributed by atoms with Gasteiger partial charge in [0.25, 0.3) is 0 Å². The van der Waals surface area contributed by atoms with Crippen LogP contribution in [-0.4, -0.2) is 36.6 Å². The molecule has 21 heavy (non-hydrogen) atoms. The molecule has 0 aromatic rings. The average Bonchev–Trinajstić information content (AvgIpc) is 2.43. The Morgan fingerprint density at radius 3 is 2.62 bits per heavy atom. The molecule has 3 atom stereocenters. The first-order valence-corrected chi connectivity index (χ1v) is 7.43. The summed E-state index contributed by atoms with van der Waals surface area (Å²) in [6.07, 6.45) is -2.08. The van der Waals surface area contributed by atoms with Crippen LogP contribution in [0.2, 0.25) is 0 Å². The second-order valence-corrected chi connectivity index (χ2v) is 6.17. The van der Waals surface area contributed by atoms with E-state index in [0.29, 0.717) is 32.4 Å². The summed E-state index contributed by atoms with van der Waals surface area (Å²) in [5.41, 5.74) is 1.12. The molecule has 1 heterocycles. The summed E-state index contributed by atoms with van der Waals surface area (Å²) in [6.45, 7) is 4.94. The van der Waals surface area contributed by atoms with E-state index in [0.717, 1.165) is 5.54 Å². The molecule has 0 spiro atoms. The summed E-state index contributed by atoms with van der Waals surface area (Å²) in [7, 11) is 0. The second-order valence-electron chi connectivity index (χ2n) is 6.17. The molecule has 1 aliphatic rings. The molecule has 0 aromatic carbocycles. The van der Waals surface area contributed by atoms with Gasteiger partial charge in [0.1, 0.15) is 0 Å². The highest BCUT2D eigenvalue weighted by atomic mass is 19.4. The van der Waals surface area contributed by atoms with E-state index >= 15 is 0 Å². The van der Waals surface area contributed by atoms with Gasteiger partial charge in [-0.05, 0) is 44.7 Å². The summed E-state index contributed by atoms with van der Waals surface area (Å²) < 4.78 is 50.1. The lowest BCUT2D eigenvalue weighted by molar-refractivity contribution is -0.186. The number of hydrogen-bond donors (Lipinski definition) is 1. The number of carbonyl (C=O) groups excluding carboxylic acids is 1. The lowest BCUT2D eigenvalue weighted by Crippen LogP contribution is -2.42. The quantitative estimate of drug-likeness (QED) is 0.603. The number of piperidine rings is 1. The Balaban J connectivity index is 2.32. The van der Waals surface area contributed by atoms with Gasteiger partial charge in [-0.25, -0.2) is 0 Å². The molecule has 3 unspecified atom stereocenters. The molecule has 1 aliphatic heterocycles. The van der Waals surface area contributed by atoms with E-state index in [2.05, 4.69) is 0 Å². The molecule has 1 saturated heterocycles. The Hall–Kier alpha value is -0.850. The lowest BCUT2D eigenvalue weighted by Gasteiger charge is -2.34. The number of nitrogens with zero attached hydrogens (tertiary/aromatic N) is 1. The minimum Gasteiger partial charge on any atom is -0.303 e. The van der Waals surface area contributed by atoms with Crippen LogP contribution < -0.4 is 5.54 Å². The third kappa shape index (κ3) is 6.20. The topological polar surface area (TPSA) is 32.3 Å². The maximum atomic E-state index is 12.7. The molecule has 0 aromatic heterocycles. The highest BCUT2D eigenvalue weighted by molar-refractivity contribution is 5.76. The number of carbonyl (C=O) groups is 1. The van der Waals surface area contributed by atoms with Gasteiger partial charge >= 0.3 is 6.18 Å². The number of alkyl halides is 3. The van der Waals surface area contributed by atoms with Crippen molar-refractivity contribution in [3.8, 4) is 0 Å². The zero-order valence-corrected chi connectivity index (χ0v) is 12.5. The Kier molecular flexibility index (Phi) is 6.90. The van der Waals surface area contributed by atoms with Crippen LogP contribution in [0.4, 0.5) is 17.7 Å². The normalized spacial score (nSPS) is 23.6. The molecule has 0 saturated carbocycles. The van der Waals surface area contributed by atoms with Crippen molar-refractivity contribution in [2.24, 2.45) is 17.8 Å². The van der Waals surface area contributed by atoms with E-state index in [1.54, 1.807) is 6.92 Å². The third-order valence-corrected chi connectivity index (χ3v) is 4.20. The van der Waals surface area contributed by atoms with Crippen molar-refractivity contribution in [1.82, 2.24) is 10.4 Å². The zero-order valence-electron chi connectivity index (χ0n) is 12.5. The van der Waals surface area contributed by atoms with Crippen LogP contribution in [0.25, 0.3) is 0 Å². The predicted molar refractivity (Wildman–Crippen MR) is 72.0 cm³/mol. The van der Waals surface area contributed by atoms with Gasteiger partial charge in [0.2, 0.25) is 5.91 Å². The summed E-state index contributed by atoms with van der Waals surface area (Å²) in [6, 6.07) is 0. The van der Waals surface area contributed by atoms with E-state index < -0.39 is 23.9 Å². The van der Waals surface area contributed by atoms with Gasteiger partial charge in [-0.3, -0.25) is 4.79 Å². The van der Waals surface area contributed by atoms with Crippen LogP contribution in [0.15, 0.2) is 0 Å². The Morgan fingerprint density at radius 2 is 2.05 bits per heavy atom. The van der Waals surface area contributed by atoms with E-state index in [-0.39, 0.29) is 18.9 Å². The number of hydrogen-bond acceptors (Lipinski definition) is 2. The van der Waals surface area contributed by atoms with Crippen molar-refractivity contribution < 1.29 is 22.4 Å². The molecular formula is C14H24F4N2O. The largest absolute Gasteiger partial charge is 0.393 e.